The summed E-state index contributed by atoms with van der Waals surface area (Å²) in [4.78, 5) is 79.3. The molecule has 0 aliphatic heterocycles. The summed E-state index contributed by atoms with van der Waals surface area (Å²) in [5.74, 6) is 1.18. The minimum absolute atomic E-state index is 0.000556. The number of carbonyl (C=O) groups is 2. The van der Waals surface area contributed by atoms with Crippen molar-refractivity contribution in [1.82, 2.24) is 59.8 Å². The fourth-order valence-corrected chi connectivity index (χ4v) is 14.6. The maximum absolute atomic E-state index is 12.5. The summed E-state index contributed by atoms with van der Waals surface area (Å²) in [5, 5.41) is 93.3. The lowest BCUT2D eigenvalue weighted by Gasteiger charge is -2.50. The van der Waals surface area contributed by atoms with Gasteiger partial charge in [-0.1, -0.05) is 147 Å². The van der Waals surface area contributed by atoms with Crippen molar-refractivity contribution in [2.75, 3.05) is 74.1 Å². The van der Waals surface area contributed by atoms with Gasteiger partial charge in [0.25, 0.3) is 0 Å². The lowest BCUT2D eigenvalue weighted by molar-refractivity contribution is 0.0974. The Labute approximate surface area is 633 Å². The Hall–Kier alpha value is -12.5. The Bertz CT molecular complexity index is 4570. The number of fused-ring (bicyclic) bond motifs is 6. The van der Waals surface area contributed by atoms with Gasteiger partial charge in [-0.05, 0) is 107 Å². The van der Waals surface area contributed by atoms with Gasteiger partial charge in [0, 0.05) is 87.8 Å². The predicted molar refractivity (Wildman–Crippen MR) is 423 cm³/mol. The van der Waals surface area contributed by atoms with Crippen LogP contribution in [0.25, 0.3) is 0 Å². The van der Waals surface area contributed by atoms with Crippen molar-refractivity contribution >= 4 is 71.0 Å². The van der Waals surface area contributed by atoms with E-state index >= 15 is 0 Å². The van der Waals surface area contributed by atoms with E-state index in [0.717, 1.165) is 24.0 Å². The van der Waals surface area contributed by atoms with Crippen LogP contribution in [0.2, 0.25) is 0 Å². The highest BCUT2D eigenvalue weighted by Gasteiger charge is 2.56. The molecule has 4 aromatic heterocycles. The molecule has 4 aliphatic rings. The van der Waals surface area contributed by atoms with Crippen molar-refractivity contribution < 1.29 is 40.2 Å². The van der Waals surface area contributed by atoms with Gasteiger partial charge in [0.15, 0.2) is 22.9 Å². The maximum atomic E-state index is 12.5. The topological polar surface area (TPSA) is 472 Å². The molecule has 0 bridgehead atoms. The Balaban J connectivity index is 0.000000322. The van der Waals surface area contributed by atoms with Crippen LogP contribution in [0.4, 0.5) is 59.5 Å². The molecule has 30 heteroatoms. The number of carbonyl (C=O) groups excluding carboxylic acids is 2. The molecule has 4 aliphatic carbocycles. The van der Waals surface area contributed by atoms with Crippen molar-refractivity contribution in [3.05, 3.63) is 188 Å². The number of benzene rings is 6. The highest BCUT2D eigenvalue weighted by Crippen LogP contribution is 2.60. The molecule has 1 fully saturated rings. The molecule has 2 unspecified atom stereocenters. The van der Waals surface area contributed by atoms with Gasteiger partial charge in [-0.15, -0.1) is 0 Å². The Kier molecular flexibility index (Phi) is 24.6. The molecule has 10 aromatic rings. The zero-order chi connectivity index (χ0) is 78.5. The largest absolute Gasteiger partial charge is 0.508 e. The van der Waals surface area contributed by atoms with Gasteiger partial charge in [-0.2, -0.15) is 54.8 Å². The van der Waals surface area contributed by atoms with Crippen molar-refractivity contribution in [3.8, 4) is 34.5 Å². The number of aromatic nitrogens is 12. The molecule has 0 radical (unpaired) electrons. The summed E-state index contributed by atoms with van der Waals surface area (Å²) in [7, 11) is 0. The molecular formula is C79H98N22O8. The molecular weight excluding hydrogens is 1390 g/mol. The number of aryl methyl sites for hydroxylation is 2. The number of hydrogen-bond donors (Lipinski definition) is 16. The van der Waals surface area contributed by atoms with E-state index in [9.17, 15) is 40.2 Å². The van der Waals surface area contributed by atoms with Crippen molar-refractivity contribution in [1.29, 1.82) is 0 Å². The minimum atomic E-state index is -1.73. The van der Waals surface area contributed by atoms with E-state index in [1.165, 1.54) is 55.7 Å². The highest BCUT2D eigenvalue weighted by atomic mass is 16.3. The third kappa shape index (κ3) is 15.6. The average molecular weight is 1480 g/mol. The molecule has 6 aromatic carbocycles. The number of aromatic hydroxyl groups is 6. The van der Waals surface area contributed by atoms with E-state index in [-0.39, 0.29) is 104 Å². The van der Waals surface area contributed by atoms with Crippen LogP contribution >= 0.6 is 0 Å². The molecule has 1 saturated carbocycles. The van der Waals surface area contributed by atoms with Crippen LogP contribution in [0.3, 0.4) is 0 Å². The van der Waals surface area contributed by atoms with Crippen LogP contribution in [0.5, 0.6) is 34.5 Å². The predicted octanol–water partition coefficient (Wildman–Crippen LogP) is 12.6. The number of hydrogen-bond acceptors (Lipinski definition) is 30. The zero-order valence-corrected chi connectivity index (χ0v) is 63.4. The molecule has 0 spiro atoms. The molecule has 14 rings (SSSR count). The number of nitrogens with one attached hydrogen (secondary N) is 7. The SMILES string of the molecule is C1CC1.CC.CCCc1nc(CCC)nc(NC2(Nc3nc(NCC)nc(NC4(Nc5nc(NCC)nc(NCC)n5)c5cccc(O)c5C(CC)(CC)c5cccc(O)c54)n3)c3cccc(O)c3C(CC)(CC)c3cccc(O)c32)n1.Nc1nc(N)nc(N)n1.O=C1c2cccc(O)c2C(=O)c2cccc(O)c21. The number of phenolic OH excluding ortho intramolecular Hbond substituents is 6. The molecule has 0 amide bonds. The van der Waals surface area contributed by atoms with Crippen LogP contribution in [-0.2, 0) is 35.0 Å². The maximum Gasteiger partial charge on any atom is 0.231 e. The lowest BCUT2D eigenvalue weighted by Crippen LogP contribution is -2.53. The highest BCUT2D eigenvalue weighted by molar-refractivity contribution is 6.30. The Morgan fingerprint density at radius 2 is 0.615 bits per heavy atom. The second-order valence-electron chi connectivity index (χ2n) is 26.1. The van der Waals surface area contributed by atoms with Gasteiger partial charge in [-0.3, -0.25) is 9.59 Å². The van der Waals surface area contributed by atoms with E-state index in [0.29, 0.717) is 115 Å². The summed E-state index contributed by atoms with van der Waals surface area (Å²) in [6, 6.07) is 30.2. The smallest absolute Gasteiger partial charge is 0.231 e. The first-order valence-corrected chi connectivity index (χ1v) is 37.2. The summed E-state index contributed by atoms with van der Waals surface area (Å²) >= 11 is 0. The fourth-order valence-electron chi connectivity index (χ4n) is 14.6. The quantitative estimate of drug-likeness (QED) is 0.0280. The first kappa shape index (κ1) is 79.1. The van der Waals surface area contributed by atoms with Crippen LogP contribution in [0.15, 0.2) is 109 Å². The summed E-state index contributed by atoms with van der Waals surface area (Å²) in [5.41, 5.74) is 15.5. The second-order valence-corrected chi connectivity index (χ2v) is 26.1. The normalized spacial score (nSPS) is 16.0. The summed E-state index contributed by atoms with van der Waals surface area (Å²) in [6.45, 7) is 23.7. The molecule has 572 valence electrons. The van der Waals surface area contributed by atoms with Gasteiger partial charge in [-0.25, -0.2) is 4.98 Å². The Morgan fingerprint density at radius 1 is 0.339 bits per heavy atom. The number of anilines is 10. The van der Waals surface area contributed by atoms with Crippen LogP contribution in [0.1, 0.15) is 222 Å². The minimum Gasteiger partial charge on any atom is -0.508 e. The van der Waals surface area contributed by atoms with Crippen molar-refractivity contribution in [2.45, 2.75) is 169 Å². The van der Waals surface area contributed by atoms with Crippen LogP contribution < -0.4 is 54.4 Å². The lowest BCUT2D eigenvalue weighted by atomic mass is 9.60. The number of rotatable bonds is 22. The van der Waals surface area contributed by atoms with E-state index in [4.69, 9.17) is 57.1 Å². The molecule has 2 atom stereocenters. The third-order valence-electron chi connectivity index (χ3n) is 19.3. The number of nitrogens with two attached hydrogens (primary N) is 3. The third-order valence-corrected chi connectivity index (χ3v) is 19.3. The standard InChI is InChI=1S/C57H72N16O4.C14H8O4.C3H6N6.C3H6.C2H6/c1-10-23-41-61-42(24-11-2)63-50(62-41)70-56(35-27-21-29-37(74)43(35)54(12-3,13-4)33-25-19-31-39(76)45(33)56)72-52-67-49(60-18-9)68-53(69-52)73-57(71-51-65-47(58-16-7)64-48(66-51)59-17-8)36-28-22-30-38(75)44(36)55(14-5,15-6)34-26-20-32-40(77)46(34)57;15-9-5-1-3-7-11(9)14(18)8-4-2-6-10(16)12(8)13(7)17;4-1-7-2(5)9-3(6)8-1;1-2-3-1;1-2/h19-22,25-32,74-77H,10-18,23-24H2,1-9H3,(H,61,62,63,70)(H3,58,59,64,65,66,71)(H3,60,67,68,69,72,73);1-6,15-16H;(H6,4,5,6,7,8,9);1-3H2;1-2H3. The van der Waals surface area contributed by atoms with Crippen LogP contribution in [0, 0.1) is 0 Å². The van der Waals surface area contributed by atoms with E-state index in [1.54, 1.807) is 36.4 Å². The van der Waals surface area contributed by atoms with Gasteiger partial charge in [0.05, 0.1) is 11.1 Å². The van der Waals surface area contributed by atoms with Gasteiger partial charge < -0.3 is 85.1 Å². The number of ketones is 2. The summed E-state index contributed by atoms with van der Waals surface area (Å²) in [6.07, 6.45) is 9.61. The molecule has 109 heavy (non-hydrogen) atoms. The van der Waals surface area contributed by atoms with E-state index in [1.807, 2.05) is 71.0 Å². The van der Waals surface area contributed by atoms with Gasteiger partial charge in [0.2, 0.25) is 59.5 Å². The molecule has 19 N–H and O–H groups in total. The molecule has 4 heterocycles. The average Bonchev–Trinajstić information content (AvgIpc) is 1.13. The zero-order valence-electron chi connectivity index (χ0n) is 63.4. The van der Waals surface area contributed by atoms with Gasteiger partial charge in [0.1, 0.15) is 46.1 Å². The molecule has 30 nitrogen and oxygen atoms in total. The Morgan fingerprint density at radius 3 is 0.917 bits per heavy atom. The number of nitrogens with zero attached hydrogens (tertiary/aromatic N) is 12. The first-order valence-electron chi connectivity index (χ1n) is 37.2. The monoisotopic (exact) mass is 1480 g/mol. The fraction of sp³-hybridized carbons (Fsp3) is 0.367. The second kappa shape index (κ2) is 33.9. The van der Waals surface area contributed by atoms with Gasteiger partial charge >= 0.3 is 0 Å². The number of nitrogen functional groups attached to an aromatic ring is 3. The summed E-state index contributed by atoms with van der Waals surface area (Å²) < 4.78 is 0. The van der Waals surface area contributed by atoms with Crippen molar-refractivity contribution in [2.24, 2.45) is 0 Å². The van der Waals surface area contributed by atoms with E-state index in [2.05, 4.69) is 98.7 Å². The first-order chi connectivity index (χ1) is 52.6. The molecule has 0 saturated heterocycles. The van der Waals surface area contributed by atoms with E-state index < -0.39 is 33.7 Å². The number of phenols is 6. The van der Waals surface area contributed by atoms with Crippen molar-refractivity contribution in [3.63, 3.8) is 0 Å². The van der Waals surface area contributed by atoms with Crippen LogP contribution in [-0.4, -0.2) is 122 Å².